The van der Waals surface area contributed by atoms with E-state index in [1.165, 1.54) is 39.2 Å². The summed E-state index contributed by atoms with van der Waals surface area (Å²) in [5.74, 6) is 3.65. The third kappa shape index (κ3) is 3.78. The van der Waals surface area contributed by atoms with Crippen molar-refractivity contribution in [3.8, 4) is 0 Å². The van der Waals surface area contributed by atoms with Gasteiger partial charge < -0.3 is 15.0 Å². The largest absolute Gasteiger partial charge is 0.465 e. The predicted molar refractivity (Wildman–Crippen MR) is 125 cm³/mol. The number of thiophene rings is 1. The number of nitrogens with zero attached hydrogens (tertiary/aromatic N) is 2. The maximum atomic E-state index is 12.1. The highest BCUT2D eigenvalue weighted by molar-refractivity contribution is 7.80. The van der Waals surface area contributed by atoms with Crippen molar-refractivity contribution in [1.82, 2.24) is 9.80 Å². The second-order valence-corrected chi connectivity index (χ2v) is 11.2. The van der Waals surface area contributed by atoms with E-state index < -0.39 is 0 Å². The number of esters is 1. The number of carbonyl (C=O) groups excluding carboxylic acids is 1. The van der Waals surface area contributed by atoms with Gasteiger partial charge in [-0.3, -0.25) is 4.90 Å². The summed E-state index contributed by atoms with van der Waals surface area (Å²) in [6.45, 7) is 6.23. The molecule has 0 unspecified atom stereocenters. The van der Waals surface area contributed by atoms with E-state index in [1.54, 1.807) is 11.3 Å². The molecule has 6 rings (SSSR count). The lowest BCUT2D eigenvalue weighted by Crippen LogP contribution is -2.60. The number of piperazine rings is 1. The van der Waals surface area contributed by atoms with Crippen LogP contribution < -0.4 is 5.32 Å². The fraction of sp³-hybridized carbons (Fsp3) is 0.739. The molecular weight excluding hydrogens is 414 g/mol. The predicted octanol–water partition coefficient (Wildman–Crippen LogP) is 4.24. The molecule has 30 heavy (non-hydrogen) atoms. The van der Waals surface area contributed by atoms with Gasteiger partial charge in [-0.2, -0.15) is 0 Å². The topological polar surface area (TPSA) is 44.8 Å². The van der Waals surface area contributed by atoms with E-state index >= 15 is 0 Å². The van der Waals surface area contributed by atoms with E-state index in [0.717, 1.165) is 77.3 Å². The average Bonchev–Trinajstić information content (AvgIpc) is 3.15. The van der Waals surface area contributed by atoms with Gasteiger partial charge in [-0.25, -0.2) is 4.79 Å². The average molecular weight is 448 g/mol. The highest BCUT2D eigenvalue weighted by Gasteiger charge is 2.50. The van der Waals surface area contributed by atoms with Crippen LogP contribution >= 0.6 is 23.6 Å². The normalized spacial score (nSPS) is 33.0. The highest BCUT2D eigenvalue weighted by Crippen LogP contribution is 2.55. The van der Waals surface area contributed by atoms with Crippen molar-refractivity contribution < 1.29 is 9.53 Å². The zero-order valence-electron chi connectivity index (χ0n) is 18.1. The van der Waals surface area contributed by atoms with Crippen LogP contribution in [0.4, 0.5) is 5.00 Å². The Morgan fingerprint density at radius 1 is 1.13 bits per heavy atom. The Bertz CT molecular complexity index is 787. The van der Waals surface area contributed by atoms with E-state index in [0.29, 0.717) is 5.56 Å². The van der Waals surface area contributed by atoms with E-state index in [-0.39, 0.29) is 5.97 Å². The van der Waals surface area contributed by atoms with Crippen LogP contribution in [0.5, 0.6) is 0 Å². The van der Waals surface area contributed by atoms with Crippen LogP contribution in [0, 0.1) is 23.7 Å². The number of rotatable bonds is 4. The number of methoxy groups -OCH3 is 1. The van der Waals surface area contributed by atoms with Crippen LogP contribution in [0.15, 0.2) is 6.07 Å². The molecule has 4 saturated carbocycles. The maximum absolute atomic E-state index is 12.1. The molecule has 0 spiro atoms. The van der Waals surface area contributed by atoms with Gasteiger partial charge in [0.25, 0.3) is 0 Å². The third-order valence-electron chi connectivity index (χ3n) is 7.96. The summed E-state index contributed by atoms with van der Waals surface area (Å²) in [4.78, 5) is 18.4. The zero-order chi connectivity index (χ0) is 20.8. The Labute approximate surface area is 189 Å². The van der Waals surface area contributed by atoms with Crippen molar-refractivity contribution in [3.05, 3.63) is 16.5 Å². The van der Waals surface area contributed by atoms with E-state index in [4.69, 9.17) is 17.0 Å². The van der Waals surface area contributed by atoms with Crippen molar-refractivity contribution in [2.45, 2.75) is 51.5 Å². The Kier molecular flexibility index (Phi) is 5.80. The minimum absolute atomic E-state index is 0.303. The van der Waals surface area contributed by atoms with Crippen molar-refractivity contribution >= 4 is 39.6 Å². The molecule has 1 aromatic rings. The Morgan fingerprint density at radius 3 is 2.33 bits per heavy atom. The molecule has 0 atom stereocenters. The summed E-state index contributed by atoms with van der Waals surface area (Å²) in [5, 5.41) is 4.90. The molecule has 0 radical (unpaired) electrons. The van der Waals surface area contributed by atoms with Gasteiger partial charge >= 0.3 is 5.97 Å². The third-order valence-corrected chi connectivity index (χ3v) is 9.51. The van der Waals surface area contributed by atoms with Crippen LogP contribution in [0.3, 0.4) is 0 Å². The van der Waals surface area contributed by atoms with Gasteiger partial charge in [0, 0.05) is 37.1 Å². The number of carbonyl (C=O) groups is 1. The number of anilines is 1. The van der Waals surface area contributed by atoms with Gasteiger partial charge in [0.2, 0.25) is 0 Å². The molecule has 164 valence electrons. The van der Waals surface area contributed by atoms with Gasteiger partial charge in [-0.1, -0.05) is 6.92 Å². The molecule has 7 heteroatoms. The van der Waals surface area contributed by atoms with E-state index in [2.05, 4.69) is 22.0 Å². The lowest BCUT2D eigenvalue weighted by Gasteiger charge is -2.58. The first kappa shape index (κ1) is 20.7. The number of thiocarbonyl (C=S) groups is 1. The van der Waals surface area contributed by atoms with Gasteiger partial charge in [-0.05, 0) is 80.5 Å². The summed E-state index contributed by atoms with van der Waals surface area (Å²) in [6, 6.07) is 2.74. The molecule has 2 heterocycles. The second kappa shape index (κ2) is 8.40. The summed E-state index contributed by atoms with van der Waals surface area (Å²) in [5.41, 5.74) is 0.592. The first-order chi connectivity index (χ1) is 14.6. The van der Waals surface area contributed by atoms with Crippen molar-refractivity contribution in [1.29, 1.82) is 0 Å². The summed E-state index contributed by atoms with van der Waals surface area (Å²) >= 11 is 7.33. The molecule has 0 amide bonds. The smallest absolute Gasteiger partial charge is 0.340 e. The molecule has 5 nitrogen and oxygen atoms in total. The molecule has 5 aliphatic rings. The summed E-state index contributed by atoms with van der Waals surface area (Å²) in [6.07, 6.45) is 8.33. The van der Waals surface area contributed by atoms with E-state index in [9.17, 15) is 4.79 Å². The molecule has 1 N–H and O–H groups in total. The van der Waals surface area contributed by atoms with E-state index in [1.807, 2.05) is 6.07 Å². The van der Waals surface area contributed by atoms with Crippen LogP contribution in [0.2, 0.25) is 0 Å². The number of nitrogens with one attached hydrogen (secondary N) is 1. The van der Waals surface area contributed by atoms with Crippen LogP contribution in [0.25, 0.3) is 0 Å². The van der Waals surface area contributed by atoms with Gasteiger partial charge in [0.15, 0.2) is 5.11 Å². The second-order valence-electron chi connectivity index (χ2n) is 9.68. The summed E-state index contributed by atoms with van der Waals surface area (Å²) in [7, 11) is 1.43. The molecule has 4 bridgehead atoms. The van der Waals surface area contributed by atoms with Crippen molar-refractivity contribution in [3.63, 3.8) is 0 Å². The number of ether oxygens (including phenoxy) is 1. The van der Waals surface area contributed by atoms with Crippen molar-refractivity contribution in [2.24, 2.45) is 23.7 Å². The monoisotopic (exact) mass is 447 g/mol. The number of aryl methyl sites for hydroxylation is 1. The Hall–Kier alpha value is -1.18. The Morgan fingerprint density at radius 2 is 1.77 bits per heavy atom. The quantitative estimate of drug-likeness (QED) is 0.550. The van der Waals surface area contributed by atoms with Gasteiger partial charge in [-0.15, -0.1) is 11.3 Å². The van der Waals surface area contributed by atoms with Crippen LogP contribution in [0.1, 0.15) is 54.3 Å². The molecule has 1 aromatic heterocycles. The lowest BCUT2D eigenvalue weighted by atomic mass is 9.54. The van der Waals surface area contributed by atoms with Gasteiger partial charge in [0.05, 0.1) is 12.7 Å². The van der Waals surface area contributed by atoms with Crippen molar-refractivity contribution in [2.75, 3.05) is 38.6 Å². The van der Waals surface area contributed by atoms with Crippen LogP contribution in [-0.2, 0) is 11.2 Å². The SMILES string of the molecule is CCc1cc(C(=O)OC)c(NC(=S)N2CCN(C3C4CC5CC(C4)CC3C5)CC2)s1. The number of hydrogen-bond acceptors (Lipinski definition) is 5. The fourth-order valence-electron chi connectivity index (χ4n) is 6.86. The Balaban J connectivity index is 1.20. The minimum Gasteiger partial charge on any atom is -0.465 e. The first-order valence-electron chi connectivity index (χ1n) is 11.6. The molecule has 4 aliphatic carbocycles. The standard InChI is InChI=1S/C23H33N3O2S2/c1-3-18-13-19(22(27)28-2)21(30-18)24-23(29)26-6-4-25(5-7-26)20-16-9-14-8-15(11-16)12-17(20)10-14/h13-17,20H,3-12H2,1-2H3,(H,24,29). The summed E-state index contributed by atoms with van der Waals surface area (Å²) < 4.78 is 4.95. The first-order valence-corrected chi connectivity index (χ1v) is 12.8. The minimum atomic E-state index is -0.303. The zero-order valence-corrected chi connectivity index (χ0v) is 19.7. The van der Waals surface area contributed by atoms with Gasteiger partial charge in [0.1, 0.15) is 5.00 Å². The molecule has 0 aromatic carbocycles. The lowest BCUT2D eigenvalue weighted by molar-refractivity contribution is -0.0726. The molecule has 1 aliphatic heterocycles. The maximum Gasteiger partial charge on any atom is 0.340 e. The highest BCUT2D eigenvalue weighted by atomic mass is 32.1. The molecular formula is C23H33N3O2S2. The number of hydrogen-bond donors (Lipinski definition) is 1. The molecule has 1 saturated heterocycles. The molecule has 5 fully saturated rings. The fourth-order valence-corrected chi connectivity index (χ4v) is 8.20. The van der Waals surface area contributed by atoms with Crippen LogP contribution in [-0.4, -0.2) is 60.2 Å².